The van der Waals surface area contributed by atoms with Gasteiger partial charge in [-0.2, -0.15) is 0 Å². The van der Waals surface area contributed by atoms with E-state index < -0.39 is 12.0 Å². The molecule has 1 fully saturated rings. The molecule has 0 unspecified atom stereocenters. The van der Waals surface area contributed by atoms with Crippen molar-refractivity contribution in [3.63, 3.8) is 0 Å². The number of hydrogen-bond donors (Lipinski definition) is 2. The van der Waals surface area contributed by atoms with Crippen molar-refractivity contribution in [3.8, 4) is 11.5 Å². The van der Waals surface area contributed by atoms with E-state index in [1.54, 1.807) is 0 Å². The Morgan fingerprint density at radius 3 is 2.63 bits per heavy atom. The molecule has 0 saturated carbocycles. The summed E-state index contributed by atoms with van der Waals surface area (Å²) >= 11 is 0. The molecule has 0 aliphatic carbocycles. The minimum absolute atomic E-state index is 0.114. The highest BCUT2D eigenvalue weighted by atomic mass is 16.5. The Kier molecular flexibility index (Phi) is 6.04. The van der Waals surface area contributed by atoms with Crippen molar-refractivity contribution in [1.29, 1.82) is 0 Å². The molecule has 2 aliphatic rings. The average Bonchev–Trinajstić information content (AvgIpc) is 2.77. The van der Waals surface area contributed by atoms with Gasteiger partial charge < -0.3 is 20.1 Å². The highest BCUT2D eigenvalue weighted by Gasteiger charge is 2.37. The molecule has 6 nitrogen and oxygen atoms in total. The number of piperidine rings is 1. The molecule has 2 atom stereocenters. The molecule has 2 aliphatic heterocycles. The van der Waals surface area contributed by atoms with Crippen LogP contribution in [0.5, 0.6) is 11.5 Å². The van der Waals surface area contributed by atoms with Crippen LogP contribution >= 0.6 is 0 Å². The molecule has 2 N–H and O–H groups in total. The Morgan fingerprint density at radius 1 is 1.17 bits per heavy atom. The van der Waals surface area contributed by atoms with Gasteiger partial charge in [0, 0.05) is 13.1 Å². The Bertz CT molecular complexity index is 922. The highest BCUT2D eigenvalue weighted by molar-refractivity contribution is 6.07. The Hall–Kier alpha value is -2.86. The molecule has 2 aromatic carbocycles. The van der Waals surface area contributed by atoms with Gasteiger partial charge in [-0.05, 0) is 43.6 Å². The molecule has 2 heterocycles. The van der Waals surface area contributed by atoms with Crippen LogP contribution in [-0.4, -0.2) is 47.9 Å². The number of phenols is 1. The molecule has 0 bridgehead atoms. The monoisotopic (exact) mass is 408 g/mol. The van der Waals surface area contributed by atoms with Gasteiger partial charge in [0.1, 0.15) is 17.6 Å². The Labute approximate surface area is 176 Å². The smallest absolute Gasteiger partial charge is 0.255 e. The number of ether oxygens (including phenoxy) is 1. The topological polar surface area (TPSA) is 78.9 Å². The second-order valence-electron chi connectivity index (χ2n) is 8.13. The summed E-state index contributed by atoms with van der Waals surface area (Å²) in [5, 5.41) is 13.1. The van der Waals surface area contributed by atoms with Crippen LogP contribution in [0.1, 0.15) is 58.6 Å². The number of aromatic hydroxyl groups is 1. The first-order chi connectivity index (χ1) is 14.5. The van der Waals surface area contributed by atoms with Crippen molar-refractivity contribution in [2.45, 2.75) is 32.3 Å². The van der Waals surface area contributed by atoms with E-state index in [2.05, 4.69) is 10.2 Å². The lowest BCUT2D eigenvalue weighted by Crippen LogP contribution is -2.38. The van der Waals surface area contributed by atoms with Crippen LogP contribution in [0.2, 0.25) is 0 Å². The lowest BCUT2D eigenvalue weighted by molar-refractivity contribution is 0.0682. The lowest BCUT2D eigenvalue weighted by Gasteiger charge is -2.32. The number of fused-ring (bicyclic) bond motifs is 1. The summed E-state index contributed by atoms with van der Waals surface area (Å²) in [6.07, 6.45) is 3.19. The maximum atomic E-state index is 13.0. The van der Waals surface area contributed by atoms with Crippen molar-refractivity contribution in [2.75, 3.05) is 26.2 Å². The van der Waals surface area contributed by atoms with Gasteiger partial charge in [-0.1, -0.05) is 43.7 Å². The van der Waals surface area contributed by atoms with Crippen LogP contribution < -0.4 is 10.1 Å². The quantitative estimate of drug-likeness (QED) is 0.791. The van der Waals surface area contributed by atoms with Crippen molar-refractivity contribution in [1.82, 2.24) is 10.2 Å². The van der Waals surface area contributed by atoms with Gasteiger partial charge >= 0.3 is 0 Å². The summed E-state index contributed by atoms with van der Waals surface area (Å²) in [6, 6.07) is 12.3. The first-order valence-electron chi connectivity index (χ1n) is 10.7. The number of nitrogens with zero attached hydrogens (tertiary/aromatic N) is 1. The summed E-state index contributed by atoms with van der Waals surface area (Å²) in [7, 11) is 0. The number of likely N-dealkylation sites (tertiary alicyclic amines) is 1. The summed E-state index contributed by atoms with van der Waals surface area (Å²) in [5.74, 6) is -0.758. The predicted molar refractivity (Wildman–Crippen MR) is 114 cm³/mol. The Morgan fingerprint density at radius 2 is 1.90 bits per heavy atom. The number of rotatable bonds is 5. The first kappa shape index (κ1) is 20.4. The number of carbonyl (C=O) groups is 2. The van der Waals surface area contributed by atoms with Crippen LogP contribution in [-0.2, 0) is 0 Å². The summed E-state index contributed by atoms with van der Waals surface area (Å²) in [6.45, 7) is 5.23. The third-order valence-corrected chi connectivity index (χ3v) is 5.99. The third-order valence-electron chi connectivity index (χ3n) is 5.99. The highest BCUT2D eigenvalue weighted by Crippen LogP contribution is 2.42. The third kappa shape index (κ3) is 4.19. The van der Waals surface area contributed by atoms with Gasteiger partial charge in [0.25, 0.3) is 5.91 Å². The summed E-state index contributed by atoms with van der Waals surface area (Å²) in [4.78, 5) is 28.3. The largest absolute Gasteiger partial charge is 0.508 e. The van der Waals surface area contributed by atoms with E-state index in [4.69, 9.17) is 4.74 Å². The van der Waals surface area contributed by atoms with E-state index in [-0.39, 0.29) is 34.3 Å². The molecule has 30 heavy (non-hydrogen) atoms. The van der Waals surface area contributed by atoms with E-state index in [0.717, 1.165) is 25.2 Å². The van der Waals surface area contributed by atoms with Crippen LogP contribution in [0.3, 0.4) is 0 Å². The first-order valence-corrected chi connectivity index (χ1v) is 10.7. The molecule has 0 radical (unpaired) electrons. The number of ketones is 1. The average molecular weight is 408 g/mol. The second-order valence-corrected chi connectivity index (χ2v) is 8.13. The number of Topliss-reactive ketones (excluding diaryl/α,β-unsaturated/α-hetero) is 1. The predicted octanol–water partition coefficient (Wildman–Crippen LogP) is 3.56. The van der Waals surface area contributed by atoms with Crippen LogP contribution in [0.15, 0.2) is 42.5 Å². The van der Waals surface area contributed by atoms with Crippen molar-refractivity contribution in [3.05, 3.63) is 59.2 Å². The normalized spacial score (nSPS) is 21.6. The van der Waals surface area contributed by atoms with Gasteiger partial charge in [-0.3, -0.25) is 9.59 Å². The molecule has 1 saturated heterocycles. The zero-order valence-electron chi connectivity index (χ0n) is 17.3. The fourth-order valence-corrected chi connectivity index (χ4v) is 4.31. The van der Waals surface area contributed by atoms with Crippen molar-refractivity contribution in [2.24, 2.45) is 5.92 Å². The van der Waals surface area contributed by atoms with Gasteiger partial charge in [-0.15, -0.1) is 0 Å². The van der Waals surface area contributed by atoms with Gasteiger partial charge in [0.2, 0.25) is 0 Å². The van der Waals surface area contributed by atoms with E-state index in [0.29, 0.717) is 6.54 Å². The summed E-state index contributed by atoms with van der Waals surface area (Å²) < 4.78 is 6.20. The Balaban J connectivity index is 1.55. The molecule has 1 amide bonds. The zero-order valence-corrected chi connectivity index (χ0v) is 17.3. The van der Waals surface area contributed by atoms with Crippen LogP contribution in [0.4, 0.5) is 0 Å². The van der Waals surface area contributed by atoms with E-state index in [1.807, 2.05) is 37.3 Å². The fourth-order valence-electron chi connectivity index (χ4n) is 4.31. The van der Waals surface area contributed by atoms with Crippen molar-refractivity contribution < 1.29 is 19.4 Å². The van der Waals surface area contributed by atoms with Gasteiger partial charge in [0.05, 0.1) is 17.0 Å². The van der Waals surface area contributed by atoms with E-state index >= 15 is 0 Å². The summed E-state index contributed by atoms with van der Waals surface area (Å²) in [5.41, 5.74) is 1.34. The molecule has 158 valence electrons. The molecule has 0 aromatic heterocycles. The van der Waals surface area contributed by atoms with E-state index in [9.17, 15) is 14.7 Å². The minimum Gasteiger partial charge on any atom is -0.508 e. The van der Waals surface area contributed by atoms with E-state index in [1.165, 1.54) is 31.4 Å². The number of carbonyl (C=O) groups excluding carboxylic acids is 2. The number of nitrogens with one attached hydrogen (secondary N) is 1. The lowest BCUT2D eigenvalue weighted by atomic mass is 9.86. The zero-order chi connectivity index (χ0) is 21.1. The fraction of sp³-hybridized carbons (Fsp3) is 0.417. The molecular formula is C24H28N2O4. The molecule has 2 aromatic rings. The molecule has 4 rings (SSSR count). The van der Waals surface area contributed by atoms with Crippen molar-refractivity contribution >= 4 is 11.7 Å². The van der Waals surface area contributed by atoms with Gasteiger partial charge in [0.15, 0.2) is 5.78 Å². The number of hydrogen-bond acceptors (Lipinski definition) is 5. The number of amides is 1. The van der Waals surface area contributed by atoms with Gasteiger partial charge in [-0.25, -0.2) is 0 Å². The SMILES string of the molecule is C[C@@H]1C(=O)c2cc(O)cc(C(=O)NCCN3CCCCC3)c2O[C@H]1c1ccccc1. The second kappa shape index (κ2) is 8.88. The standard InChI is InChI=1S/C24H28N2O4/c1-16-21(28)19-14-18(27)15-20(23(19)30-22(16)17-8-4-2-5-9-17)24(29)25-10-13-26-11-6-3-7-12-26/h2,4-5,8-9,14-16,22,27H,3,6-7,10-13H2,1H3,(H,25,29)/t16-,22-/m1/s1. The minimum atomic E-state index is -0.476. The van der Waals surface area contributed by atoms with Crippen LogP contribution in [0.25, 0.3) is 0 Å². The number of benzene rings is 2. The number of phenolic OH excluding ortho intramolecular Hbond substituents is 1. The van der Waals surface area contributed by atoms with Crippen LogP contribution in [0, 0.1) is 5.92 Å². The maximum Gasteiger partial charge on any atom is 0.255 e. The molecular weight excluding hydrogens is 380 g/mol. The molecule has 6 heteroatoms. The molecule has 0 spiro atoms. The maximum absolute atomic E-state index is 13.0.